The Balaban J connectivity index is 2.48. The molecule has 0 aliphatic carbocycles. The fourth-order valence-corrected chi connectivity index (χ4v) is 0.559. The number of nitrogens with zero attached hydrogens (tertiary/aromatic N) is 4. The minimum absolute atomic E-state index is 0.105. The van der Waals surface area contributed by atoms with Gasteiger partial charge in [-0.25, -0.2) is 4.68 Å². The van der Waals surface area contributed by atoms with Gasteiger partial charge in [-0.2, -0.15) is 0 Å². The molecule has 1 atom stereocenters. The minimum Gasteiger partial charge on any atom is -0.326 e. The van der Waals surface area contributed by atoms with E-state index >= 15 is 0 Å². The topological polar surface area (TPSA) is 69.6 Å². The second kappa shape index (κ2) is 2.54. The van der Waals surface area contributed by atoms with Crippen LogP contribution in [0, 0.1) is 0 Å². The van der Waals surface area contributed by atoms with Crippen LogP contribution in [0.2, 0.25) is 0 Å². The molecule has 0 fully saturated rings. The maximum atomic E-state index is 5.47. The third-order valence-electron chi connectivity index (χ3n) is 0.866. The van der Waals surface area contributed by atoms with E-state index in [1.165, 1.54) is 0 Å². The second-order valence-corrected chi connectivity index (χ2v) is 2.01. The summed E-state index contributed by atoms with van der Waals surface area (Å²) in [4.78, 5) is 0. The van der Waals surface area contributed by atoms with Gasteiger partial charge in [-0.05, 0) is 17.4 Å². The standard InChI is InChI=1S/C4H9N5/c1-4(5)2-9-3-6-7-8-9/h3-4H,2,5H2,1H3/t4-/m0/s1. The van der Waals surface area contributed by atoms with Gasteiger partial charge in [0.05, 0.1) is 6.54 Å². The fraction of sp³-hybridized carbons (Fsp3) is 0.750. The highest BCUT2D eigenvalue weighted by Gasteiger charge is 1.94. The number of hydrogen-bond acceptors (Lipinski definition) is 4. The SMILES string of the molecule is C[C@H](N)Cn1cnnn1. The molecule has 5 heteroatoms. The molecule has 0 aromatic carbocycles. The average molecular weight is 127 g/mol. The van der Waals surface area contributed by atoms with E-state index in [1.807, 2.05) is 6.92 Å². The van der Waals surface area contributed by atoms with Crippen molar-refractivity contribution < 1.29 is 0 Å². The van der Waals surface area contributed by atoms with Crippen molar-refractivity contribution in [3.8, 4) is 0 Å². The summed E-state index contributed by atoms with van der Waals surface area (Å²) < 4.78 is 1.60. The lowest BCUT2D eigenvalue weighted by Crippen LogP contribution is -2.22. The van der Waals surface area contributed by atoms with Crippen LogP contribution in [-0.4, -0.2) is 26.2 Å². The summed E-state index contributed by atoms with van der Waals surface area (Å²) in [6.07, 6.45) is 1.54. The van der Waals surface area contributed by atoms with Gasteiger partial charge in [0, 0.05) is 6.04 Å². The lowest BCUT2D eigenvalue weighted by atomic mass is 10.4. The van der Waals surface area contributed by atoms with E-state index < -0.39 is 0 Å². The number of nitrogens with two attached hydrogens (primary N) is 1. The van der Waals surface area contributed by atoms with E-state index in [-0.39, 0.29) is 6.04 Å². The molecule has 0 unspecified atom stereocenters. The highest BCUT2D eigenvalue weighted by Crippen LogP contribution is 1.80. The van der Waals surface area contributed by atoms with Gasteiger partial charge in [0.1, 0.15) is 6.33 Å². The zero-order valence-corrected chi connectivity index (χ0v) is 5.23. The number of rotatable bonds is 2. The van der Waals surface area contributed by atoms with Crippen molar-refractivity contribution in [2.75, 3.05) is 0 Å². The van der Waals surface area contributed by atoms with Crippen molar-refractivity contribution in [1.29, 1.82) is 0 Å². The van der Waals surface area contributed by atoms with Crippen molar-refractivity contribution in [2.45, 2.75) is 19.5 Å². The molecule has 2 N–H and O–H groups in total. The molecule has 0 aliphatic heterocycles. The normalized spacial score (nSPS) is 13.6. The zero-order chi connectivity index (χ0) is 6.69. The molecule has 0 saturated carbocycles. The van der Waals surface area contributed by atoms with Gasteiger partial charge < -0.3 is 5.73 Å². The van der Waals surface area contributed by atoms with Crippen LogP contribution in [0.15, 0.2) is 6.33 Å². The minimum atomic E-state index is 0.105. The van der Waals surface area contributed by atoms with E-state index in [9.17, 15) is 0 Å². The first-order valence-electron chi connectivity index (χ1n) is 2.75. The molecule has 0 saturated heterocycles. The van der Waals surface area contributed by atoms with Gasteiger partial charge in [0.2, 0.25) is 0 Å². The predicted octanol–water partition coefficient (Wildman–Crippen LogP) is -0.980. The van der Waals surface area contributed by atoms with Crippen molar-refractivity contribution in [1.82, 2.24) is 20.2 Å². The monoisotopic (exact) mass is 127 g/mol. The number of hydrogen-bond donors (Lipinski definition) is 1. The maximum absolute atomic E-state index is 5.47. The maximum Gasteiger partial charge on any atom is 0.138 e. The summed E-state index contributed by atoms with van der Waals surface area (Å²) in [7, 11) is 0. The molecule has 1 aromatic rings. The van der Waals surface area contributed by atoms with Crippen molar-refractivity contribution in [3.63, 3.8) is 0 Å². The molecule has 9 heavy (non-hydrogen) atoms. The van der Waals surface area contributed by atoms with E-state index in [2.05, 4.69) is 15.5 Å². The highest BCUT2D eigenvalue weighted by atomic mass is 15.5. The summed E-state index contributed by atoms with van der Waals surface area (Å²) in [6, 6.07) is 0.105. The third kappa shape index (κ3) is 1.77. The zero-order valence-electron chi connectivity index (χ0n) is 5.23. The first kappa shape index (κ1) is 6.15. The Kier molecular flexibility index (Phi) is 1.74. The summed E-state index contributed by atoms with van der Waals surface area (Å²) >= 11 is 0. The second-order valence-electron chi connectivity index (χ2n) is 2.01. The smallest absolute Gasteiger partial charge is 0.138 e. The first-order chi connectivity index (χ1) is 4.29. The summed E-state index contributed by atoms with van der Waals surface area (Å²) in [5, 5.41) is 10.5. The van der Waals surface area contributed by atoms with Crippen LogP contribution in [0.3, 0.4) is 0 Å². The average Bonchev–Trinajstić information content (AvgIpc) is 2.15. The Morgan fingerprint density at radius 2 is 2.56 bits per heavy atom. The van der Waals surface area contributed by atoms with Crippen molar-refractivity contribution in [3.05, 3.63) is 6.33 Å². The highest BCUT2D eigenvalue weighted by molar-refractivity contribution is 4.54. The van der Waals surface area contributed by atoms with E-state index in [1.54, 1.807) is 11.0 Å². The van der Waals surface area contributed by atoms with Crippen LogP contribution in [0.25, 0.3) is 0 Å². The molecule has 50 valence electrons. The molecule has 5 nitrogen and oxygen atoms in total. The number of aromatic nitrogens is 4. The molecular formula is C4H9N5. The van der Waals surface area contributed by atoms with Crippen LogP contribution in [0.5, 0.6) is 0 Å². The third-order valence-corrected chi connectivity index (χ3v) is 0.866. The van der Waals surface area contributed by atoms with Gasteiger partial charge in [-0.1, -0.05) is 0 Å². The Hall–Kier alpha value is -0.970. The van der Waals surface area contributed by atoms with Crippen LogP contribution in [0.1, 0.15) is 6.92 Å². The van der Waals surface area contributed by atoms with Crippen LogP contribution in [0.4, 0.5) is 0 Å². The largest absolute Gasteiger partial charge is 0.326 e. The quantitative estimate of drug-likeness (QED) is 0.554. The van der Waals surface area contributed by atoms with Crippen molar-refractivity contribution in [2.24, 2.45) is 5.73 Å². The van der Waals surface area contributed by atoms with Gasteiger partial charge in [-0.3, -0.25) is 0 Å². The first-order valence-corrected chi connectivity index (χ1v) is 2.75. The Bertz CT molecular complexity index is 155. The van der Waals surface area contributed by atoms with Gasteiger partial charge in [0.25, 0.3) is 0 Å². The summed E-state index contributed by atoms with van der Waals surface area (Å²) in [5.41, 5.74) is 5.47. The number of tetrazole rings is 1. The van der Waals surface area contributed by atoms with E-state index in [0.29, 0.717) is 6.54 Å². The molecule has 0 amide bonds. The van der Waals surface area contributed by atoms with E-state index in [0.717, 1.165) is 0 Å². The van der Waals surface area contributed by atoms with Gasteiger partial charge in [0.15, 0.2) is 0 Å². The Morgan fingerprint density at radius 1 is 1.78 bits per heavy atom. The lowest BCUT2D eigenvalue weighted by Gasteiger charge is -2.00. The van der Waals surface area contributed by atoms with Gasteiger partial charge >= 0.3 is 0 Å². The van der Waals surface area contributed by atoms with Crippen LogP contribution >= 0.6 is 0 Å². The lowest BCUT2D eigenvalue weighted by molar-refractivity contribution is 0.523. The van der Waals surface area contributed by atoms with Gasteiger partial charge in [-0.15, -0.1) is 5.10 Å². The molecule has 1 rings (SSSR count). The molecule has 1 aromatic heterocycles. The molecule has 1 heterocycles. The van der Waals surface area contributed by atoms with E-state index in [4.69, 9.17) is 5.73 Å². The molecule has 0 radical (unpaired) electrons. The molecule has 0 spiro atoms. The summed E-state index contributed by atoms with van der Waals surface area (Å²) in [5.74, 6) is 0. The Labute approximate surface area is 52.8 Å². The Morgan fingerprint density at radius 3 is 3.00 bits per heavy atom. The molecule has 0 aliphatic rings. The van der Waals surface area contributed by atoms with Crippen LogP contribution in [-0.2, 0) is 6.54 Å². The molecule has 0 bridgehead atoms. The fourth-order valence-electron chi connectivity index (χ4n) is 0.559. The van der Waals surface area contributed by atoms with Crippen molar-refractivity contribution >= 4 is 0 Å². The summed E-state index contributed by atoms with van der Waals surface area (Å²) in [6.45, 7) is 2.58. The molecular weight excluding hydrogens is 118 g/mol. The van der Waals surface area contributed by atoms with Crippen LogP contribution < -0.4 is 5.73 Å². The predicted molar refractivity (Wildman–Crippen MR) is 31.5 cm³/mol.